The van der Waals surface area contributed by atoms with Crippen molar-refractivity contribution >= 4 is 34.6 Å². The minimum Gasteiger partial charge on any atom is -0.341 e. The number of fused-ring (bicyclic) bond motifs is 1. The van der Waals surface area contributed by atoms with Gasteiger partial charge in [0.15, 0.2) is 10.8 Å². The van der Waals surface area contributed by atoms with E-state index in [0.29, 0.717) is 11.2 Å². The van der Waals surface area contributed by atoms with Gasteiger partial charge in [0.1, 0.15) is 5.52 Å². The number of aromatic amines is 1. The molecular formula is C10H13ClN6O. The summed E-state index contributed by atoms with van der Waals surface area (Å²) in [6.45, 7) is 3.71. The van der Waals surface area contributed by atoms with E-state index in [4.69, 9.17) is 17.3 Å². The van der Waals surface area contributed by atoms with Crippen molar-refractivity contribution in [1.82, 2.24) is 19.9 Å². The molecule has 7 nitrogen and oxygen atoms in total. The number of carbonyl (C=O) groups is 1. The monoisotopic (exact) mass is 268 g/mol. The SMILES string of the molecule is CC(C)C(N)C(=O)Nc1nc(Cl)c2[nH]cnc2n1. The maximum absolute atomic E-state index is 11.8. The largest absolute Gasteiger partial charge is 0.341 e. The Labute approximate surface area is 108 Å². The predicted molar refractivity (Wildman–Crippen MR) is 68.1 cm³/mol. The molecule has 0 spiro atoms. The van der Waals surface area contributed by atoms with Gasteiger partial charge in [0.25, 0.3) is 0 Å². The summed E-state index contributed by atoms with van der Waals surface area (Å²) in [6.07, 6.45) is 1.46. The number of hydrogen-bond donors (Lipinski definition) is 3. The lowest BCUT2D eigenvalue weighted by molar-refractivity contribution is -0.118. The van der Waals surface area contributed by atoms with Crippen LogP contribution in [0.5, 0.6) is 0 Å². The number of anilines is 1. The first-order chi connectivity index (χ1) is 8.49. The van der Waals surface area contributed by atoms with E-state index in [0.717, 1.165) is 0 Å². The maximum atomic E-state index is 11.8. The van der Waals surface area contributed by atoms with E-state index in [9.17, 15) is 4.79 Å². The second kappa shape index (κ2) is 4.87. The van der Waals surface area contributed by atoms with E-state index in [1.807, 2.05) is 13.8 Å². The number of nitrogens with one attached hydrogen (secondary N) is 2. The number of nitrogens with two attached hydrogens (primary N) is 1. The second-order valence-electron chi connectivity index (χ2n) is 4.20. The highest BCUT2D eigenvalue weighted by molar-refractivity contribution is 6.33. The predicted octanol–water partition coefficient (Wildman–Crippen LogP) is 0.928. The van der Waals surface area contributed by atoms with Crippen molar-refractivity contribution in [3.8, 4) is 0 Å². The zero-order valence-corrected chi connectivity index (χ0v) is 10.7. The summed E-state index contributed by atoms with van der Waals surface area (Å²) in [7, 11) is 0. The third kappa shape index (κ3) is 2.41. The first kappa shape index (κ1) is 12.7. The van der Waals surface area contributed by atoms with Crippen LogP contribution in [0.25, 0.3) is 11.2 Å². The summed E-state index contributed by atoms with van der Waals surface area (Å²) in [4.78, 5) is 26.5. The van der Waals surface area contributed by atoms with E-state index in [1.54, 1.807) is 0 Å². The van der Waals surface area contributed by atoms with Gasteiger partial charge >= 0.3 is 0 Å². The summed E-state index contributed by atoms with van der Waals surface area (Å²) in [5.41, 5.74) is 6.64. The molecule has 0 bridgehead atoms. The number of aromatic nitrogens is 4. The van der Waals surface area contributed by atoms with Gasteiger partial charge in [0.2, 0.25) is 11.9 Å². The van der Waals surface area contributed by atoms with Gasteiger partial charge in [-0.3, -0.25) is 10.1 Å². The zero-order chi connectivity index (χ0) is 13.3. The molecule has 18 heavy (non-hydrogen) atoms. The number of amides is 1. The molecule has 2 aromatic heterocycles. The molecule has 8 heteroatoms. The van der Waals surface area contributed by atoms with Crippen LogP contribution in [-0.4, -0.2) is 31.9 Å². The van der Waals surface area contributed by atoms with E-state index >= 15 is 0 Å². The van der Waals surface area contributed by atoms with Crippen molar-refractivity contribution < 1.29 is 4.79 Å². The molecule has 0 radical (unpaired) electrons. The number of carbonyl (C=O) groups excluding carboxylic acids is 1. The zero-order valence-electron chi connectivity index (χ0n) is 9.94. The summed E-state index contributed by atoms with van der Waals surface area (Å²) in [5.74, 6) is -0.230. The molecule has 2 rings (SSSR count). The van der Waals surface area contributed by atoms with Crippen LogP contribution in [0.1, 0.15) is 13.8 Å². The molecule has 2 aromatic rings. The van der Waals surface area contributed by atoms with Crippen LogP contribution in [0.4, 0.5) is 5.95 Å². The van der Waals surface area contributed by atoms with Gasteiger partial charge in [-0.1, -0.05) is 25.4 Å². The van der Waals surface area contributed by atoms with Crippen molar-refractivity contribution in [3.05, 3.63) is 11.5 Å². The highest BCUT2D eigenvalue weighted by Crippen LogP contribution is 2.18. The van der Waals surface area contributed by atoms with Crippen molar-refractivity contribution in [2.75, 3.05) is 5.32 Å². The third-order valence-corrected chi connectivity index (χ3v) is 2.77. The summed E-state index contributed by atoms with van der Waals surface area (Å²) >= 11 is 5.92. The average molecular weight is 269 g/mol. The lowest BCUT2D eigenvalue weighted by Crippen LogP contribution is -2.40. The molecule has 0 aliphatic rings. The molecule has 4 N–H and O–H groups in total. The second-order valence-corrected chi connectivity index (χ2v) is 4.56. The van der Waals surface area contributed by atoms with Crippen LogP contribution >= 0.6 is 11.6 Å². The Hall–Kier alpha value is -1.73. The fourth-order valence-corrected chi connectivity index (χ4v) is 1.57. The highest BCUT2D eigenvalue weighted by atomic mass is 35.5. The van der Waals surface area contributed by atoms with Crippen molar-refractivity contribution in [2.24, 2.45) is 11.7 Å². The Morgan fingerprint density at radius 3 is 2.89 bits per heavy atom. The van der Waals surface area contributed by atoms with Crippen LogP contribution in [-0.2, 0) is 4.79 Å². The third-order valence-electron chi connectivity index (χ3n) is 2.50. The Bertz CT molecular complexity index is 581. The fraction of sp³-hybridized carbons (Fsp3) is 0.400. The average Bonchev–Trinajstić information content (AvgIpc) is 2.76. The molecule has 0 aliphatic heterocycles. The first-order valence-electron chi connectivity index (χ1n) is 5.42. The van der Waals surface area contributed by atoms with Crippen LogP contribution < -0.4 is 11.1 Å². The first-order valence-corrected chi connectivity index (χ1v) is 5.80. The molecule has 0 saturated carbocycles. The molecule has 0 aromatic carbocycles. The Morgan fingerprint density at radius 1 is 1.50 bits per heavy atom. The standard InChI is InChI=1S/C10H13ClN6O/c1-4(2)5(12)9(18)17-10-15-7(11)6-8(16-10)14-3-13-6/h3-5H,12H2,1-2H3,(H2,13,14,15,16,17,18). The minimum absolute atomic E-state index is 0.0228. The molecule has 0 saturated heterocycles. The van der Waals surface area contributed by atoms with Gasteiger partial charge in [-0.15, -0.1) is 0 Å². The lowest BCUT2D eigenvalue weighted by atomic mass is 10.1. The Morgan fingerprint density at radius 2 is 2.22 bits per heavy atom. The van der Waals surface area contributed by atoms with Crippen LogP contribution in [0.15, 0.2) is 6.33 Å². The lowest BCUT2D eigenvalue weighted by Gasteiger charge is -2.14. The molecular weight excluding hydrogens is 256 g/mol. The van der Waals surface area contributed by atoms with Crippen molar-refractivity contribution in [3.63, 3.8) is 0 Å². The van der Waals surface area contributed by atoms with Gasteiger partial charge in [0, 0.05) is 0 Å². The number of hydrogen-bond acceptors (Lipinski definition) is 5. The Kier molecular flexibility index (Phi) is 3.44. The maximum Gasteiger partial charge on any atom is 0.243 e. The molecule has 96 valence electrons. The van der Waals surface area contributed by atoms with Gasteiger partial charge < -0.3 is 10.7 Å². The number of H-pyrrole nitrogens is 1. The number of rotatable bonds is 3. The topological polar surface area (TPSA) is 110 Å². The van der Waals surface area contributed by atoms with Gasteiger partial charge in [-0.05, 0) is 5.92 Å². The smallest absolute Gasteiger partial charge is 0.243 e. The van der Waals surface area contributed by atoms with E-state index in [2.05, 4.69) is 25.3 Å². The van der Waals surface area contributed by atoms with E-state index in [1.165, 1.54) is 6.33 Å². The number of imidazole rings is 1. The molecule has 1 amide bonds. The Balaban J connectivity index is 2.24. The van der Waals surface area contributed by atoms with Crippen molar-refractivity contribution in [2.45, 2.75) is 19.9 Å². The van der Waals surface area contributed by atoms with Crippen molar-refractivity contribution in [1.29, 1.82) is 0 Å². The summed E-state index contributed by atoms with van der Waals surface area (Å²) in [5, 5.41) is 2.72. The molecule has 1 atom stereocenters. The number of nitrogens with zero attached hydrogens (tertiary/aromatic N) is 3. The molecule has 0 aliphatic carbocycles. The molecule has 1 unspecified atom stereocenters. The van der Waals surface area contributed by atoms with Crippen LogP contribution in [0.2, 0.25) is 5.15 Å². The van der Waals surface area contributed by atoms with Gasteiger partial charge in [0.05, 0.1) is 12.4 Å². The molecule has 0 fully saturated rings. The fourth-order valence-electron chi connectivity index (χ4n) is 1.35. The summed E-state index contributed by atoms with van der Waals surface area (Å²) in [6, 6.07) is -0.623. The van der Waals surface area contributed by atoms with Gasteiger partial charge in [-0.25, -0.2) is 4.98 Å². The molecule has 2 heterocycles. The minimum atomic E-state index is -0.623. The van der Waals surface area contributed by atoms with Crippen LogP contribution in [0, 0.1) is 5.92 Å². The van der Waals surface area contributed by atoms with E-state index in [-0.39, 0.29) is 22.9 Å². The quantitative estimate of drug-likeness (QED) is 0.717. The normalized spacial score (nSPS) is 12.9. The van der Waals surface area contributed by atoms with Crippen LogP contribution in [0.3, 0.4) is 0 Å². The highest BCUT2D eigenvalue weighted by Gasteiger charge is 2.19. The van der Waals surface area contributed by atoms with E-state index < -0.39 is 6.04 Å². The summed E-state index contributed by atoms with van der Waals surface area (Å²) < 4.78 is 0. The number of halogens is 1. The van der Waals surface area contributed by atoms with Gasteiger partial charge in [-0.2, -0.15) is 9.97 Å².